The van der Waals surface area contributed by atoms with E-state index in [2.05, 4.69) is 0 Å². The summed E-state index contributed by atoms with van der Waals surface area (Å²) in [6.07, 6.45) is 0. The summed E-state index contributed by atoms with van der Waals surface area (Å²) >= 11 is 6.46. The molecule has 6 nitrogen and oxygen atoms in total. The van der Waals surface area contributed by atoms with Crippen LogP contribution in [-0.2, 0) is 11.3 Å². The van der Waals surface area contributed by atoms with E-state index in [-0.39, 0.29) is 19.0 Å². The average Bonchev–Trinajstić information content (AvgIpc) is 2.73. The van der Waals surface area contributed by atoms with Crippen molar-refractivity contribution in [3.05, 3.63) is 68.0 Å². The maximum Gasteiger partial charge on any atom is 0.340 e. The third kappa shape index (κ3) is 3.23. The number of para-hydroxylation sites is 1. The van der Waals surface area contributed by atoms with Crippen molar-refractivity contribution in [1.82, 2.24) is 0 Å². The number of benzene rings is 2. The van der Waals surface area contributed by atoms with Gasteiger partial charge < -0.3 is 18.8 Å². The number of aryl methyl sites for hydroxylation is 1. The van der Waals surface area contributed by atoms with Crippen LogP contribution in [-0.4, -0.2) is 19.3 Å². The highest BCUT2D eigenvalue weighted by molar-refractivity contribution is 6.33. The van der Waals surface area contributed by atoms with Gasteiger partial charge in [-0.3, -0.25) is 0 Å². The molecule has 0 fully saturated rings. The van der Waals surface area contributed by atoms with Gasteiger partial charge in [0.2, 0.25) is 0 Å². The van der Waals surface area contributed by atoms with E-state index >= 15 is 0 Å². The Morgan fingerprint density at radius 1 is 1.24 bits per heavy atom. The van der Waals surface area contributed by atoms with Gasteiger partial charge in [0.15, 0.2) is 6.73 Å². The maximum absolute atomic E-state index is 12.4. The Morgan fingerprint density at radius 3 is 2.76 bits per heavy atom. The SMILES string of the molecule is CCOC(=O)c1ccccc1N1COc2c(Cl)cc3c(C)c(C)c(=O)oc3c2C1. The van der Waals surface area contributed by atoms with Crippen LogP contribution in [0.15, 0.2) is 39.5 Å². The van der Waals surface area contributed by atoms with Crippen LogP contribution in [0.1, 0.15) is 34.0 Å². The summed E-state index contributed by atoms with van der Waals surface area (Å²) in [5, 5.41) is 1.23. The zero-order valence-electron chi connectivity index (χ0n) is 16.4. The summed E-state index contributed by atoms with van der Waals surface area (Å²) in [7, 11) is 0. The first-order valence-corrected chi connectivity index (χ1v) is 9.69. The van der Waals surface area contributed by atoms with Gasteiger partial charge in [-0.05, 0) is 44.5 Å². The molecule has 1 aromatic heterocycles. The molecule has 0 saturated heterocycles. The van der Waals surface area contributed by atoms with Gasteiger partial charge >= 0.3 is 11.6 Å². The molecule has 1 aliphatic rings. The third-order valence-corrected chi connectivity index (χ3v) is 5.48. The molecule has 0 unspecified atom stereocenters. The van der Waals surface area contributed by atoms with Gasteiger partial charge in [0.1, 0.15) is 11.3 Å². The molecule has 0 aliphatic carbocycles. The molecule has 7 heteroatoms. The number of fused-ring (bicyclic) bond motifs is 3. The van der Waals surface area contributed by atoms with Crippen molar-refractivity contribution in [2.45, 2.75) is 27.3 Å². The monoisotopic (exact) mass is 413 g/mol. The standard InChI is InChI=1S/C22H20ClNO5/c1-4-27-22(26)14-7-5-6-8-18(14)24-10-16-19-15(9-17(23)20(16)28-11-24)12(2)13(3)21(25)29-19/h5-9H,4,10-11H2,1-3H3. The molecule has 0 N–H and O–H groups in total. The van der Waals surface area contributed by atoms with Crippen molar-refractivity contribution in [3.8, 4) is 5.75 Å². The first-order valence-electron chi connectivity index (χ1n) is 9.31. The van der Waals surface area contributed by atoms with Crippen LogP contribution >= 0.6 is 11.6 Å². The molecule has 0 radical (unpaired) electrons. The normalized spacial score (nSPS) is 13.2. The van der Waals surface area contributed by atoms with E-state index in [0.29, 0.717) is 45.3 Å². The molecule has 0 atom stereocenters. The number of hydrogen-bond donors (Lipinski definition) is 0. The highest BCUT2D eigenvalue weighted by Gasteiger charge is 2.27. The highest BCUT2D eigenvalue weighted by Crippen LogP contribution is 2.41. The number of esters is 1. The fraction of sp³-hybridized carbons (Fsp3) is 0.273. The van der Waals surface area contributed by atoms with Crippen LogP contribution in [0, 0.1) is 13.8 Å². The zero-order valence-corrected chi connectivity index (χ0v) is 17.1. The smallest absolute Gasteiger partial charge is 0.340 e. The second kappa shape index (κ2) is 7.44. The molecule has 2 heterocycles. The van der Waals surface area contributed by atoms with Crippen molar-refractivity contribution >= 4 is 34.2 Å². The van der Waals surface area contributed by atoms with E-state index in [1.54, 1.807) is 32.0 Å². The molecule has 0 saturated carbocycles. The number of halogens is 1. The summed E-state index contributed by atoms with van der Waals surface area (Å²) < 4.78 is 16.7. The summed E-state index contributed by atoms with van der Waals surface area (Å²) in [5.41, 5.74) is 3.24. The molecule has 3 aromatic rings. The number of carbonyl (C=O) groups excluding carboxylic acids is 1. The molecule has 1 aliphatic heterocycles. The van der Waals surface area contributed by atoms with E-state index in [1.165, 1.54) is 0 Å². The molecule has 2 aromatic carbocycles. The van der Waals surface area contributed by atoms with Gasteiger partial charge in [0, 0.05) is 10.9 Å². The van der Waals surface area contributed by atoms with E-state index < -0.39 is 5.97 Å². The van der Waals surface area contributed by atoms with Crippen molar-refractivity contribution < 1.29 is 18.7 Å². The van der Waals surface area contributed by atoms with Gasteiger partial charge in [-0.15, -0.1) is 0 Å². The number of hydrogen-bond acceptors (Lipinski definition) is 6. The Hall–Kier alpha value is -2.99. The minimum Gasteiger partial charge on any atom is -0.471 e. The first kappa shape index (κ1) is 19.3. The van der Waals surface area contributed by atoms with Crippen LogP contribution in [0.3, 0.4) is 0 Å². The fourth-order valence-corrected chi connectivity index (χ4v) is 3.83. The molecular weight excluding hydrogens is 394 g/mol. The summed E-state index contributed by atoms with van der Waals surface area (Å²) in [6, 6.07) is 8.94. The van der Waals surface area contributed by atoms with Crippen molar-refractivity contribution in [3.63, 3.8) is 0 Å². The van der Waals surface area contributed by atoms with Gasteiger partial charge in [-0.25, -0.2) is 9.59 Å². The van der Waals surface area contributed by atoms with Crippen LogP contribution in [0.5, 0.6) is 5.75 Å². The highest BCUT2D eigenvalue weighted by atomic mass is 35.5. The number of rotatable bonds is 3. The third-order valence-electron chi connectivity index (χ3n) is 5.20. The summed E-state index contributed by atoms with van der Waals surface area (Å²) in [5.74, 6) is 0.0956. The van der Waals surface area contributed by atoms with Gasteiger partial charge in [0.25, 0.3) is 0 Å². The lowest BCUT2D eigenvalue weighted by Gasteiger charge is -2.32. The Balaban J connectivity index is 1.85. The molecule has 0 bridgehead atoms. The Bertz CT molecular complexity index is 1180. The molecular formula is C22H20ClNO5. The first-order chi connectivity index (χ1) is 13.9. The Kier molecular flexibility index (Phi) is 4.96. The summed E-state index contributed by atoms with van der Waals surface area (Å²) in [4.78, 5) is 26.5. The number of carbonyl (C=O) groups is 1. The zero-order chi connectivity index (χ0) is 20.7. The summed E-state index contributed by atoms with van der Waals surface area (Å²) in [6.45, 7) is 6.22. The van der Waals surface area contributed by atoms with Gasteiger partial charge in [-0.1, -0.05) is 23.7 Å². The molecule has 150 valence electrons. The number of nitrogens with zero attached hydrogens (tertiary/aromatic N) is 1. The van der Waals surface area contributed by atoms with Crippen LogP contribution in [0.4, 0.5) is 5.69 Å². The van der Waals surface area contributed by atoms with Crippen LogP contribution in [0.25, 0.3) is 11.0 Å². The topological polar surface area (TPSA) is 69.0 Å². The predicted octanol–water partition coefficient (Wildman–Crippen LogP) is 4.60. The van der Waals surface area contributed by atoms with Gasteiger partial charge in [0.05, 0.1) is 35.0 Å². The molecule has 29 heavy (non-hydrogen) atoms. The van der Waals surface area contributed by atoms with Gasteiger partial charge in [-0.2, -0.15) is 0 Å². The second-order valence-corrected chi connectivity index (χ2v) is 7.30. The molecule has 0 amide bonds. The number of anilines is 1. The molecule has 0 spiro atoms. The Morgan fingerprint density at radius 2 is 2.00 bits per heavy atom. The van der Waals surface area contributed by atoms with Crippen LogP contribution in [0.2, 0.25) is 5.02 Å². The largest absolute Gasteiger partial charge is 0.471 e. The van der Waals surface area contributed by atoms with E-state index in [0.717, 1.165) is 10.9 Å². The second-order valence-electron chi connectivity index (χ2n) is 6.89. The average molecular weight is 414 g/mol. The fourth-order valence-electron chi connectivity index (χ4n) is 3.55. The number of ether oxygens (including phenoxy) is 2. The lowest BCUT2D eigenvalue weighted by molar-refractivity contribution is 0.0527. The minimum atomic E-state index is -0.400. The molecule has 4 rings (SSSR count). The van der Waals surface area contributed by atoms with Crippen molar-refractivity contribution in [2.75, 3.05) is 18.2 Å². The Labute approximate surface area is 172 Å². The minimum absolute atomic E-state index is 0.198. The predicted molar refractivity (Wildman–Crippen MR) is 111 cm³/mol. The van der Waals surface area contributed by atoms with E-state index in [9.17, 15) is 9.59 Å². The lowest BCUT2D eigenvalue weighted by Crippen LogP contribution is -2.33. The van der Waals surface area contributed by atoms with Crippen molar-refractivity contribution in [2.24, 2.45) is 0 Å². The maximum atomic E-state index is 12.4. The lowest BCUT2D eigenvalue weighted by atomic mass is 10.0. The quantitative estimate of drug-likeness (QED) is 0.462. The van der Waals surface area contributed by atoms with Crippen LogP contribution < -0.4 is 15.3 Å². The van der Waals surface area contributed by atoms with E-state index in [1.807, 2.05) is 24.0 Å². The van der Waals surface area contributed by atoms with E-state index in [4.69, 9.17) is 25.5 Å². The van der Waals surface area contributed by atoms with Crippen molar-refractivity contribution in [1.29, 1.82) is 0 Å².